The number of carbonyl (C=O) groups excluding carboxylic acids is 1. The van der Waals surface area contributed by atoms with Gasteiger partial charge >= 0.3 is 0 Å². The first-order valence-electron chi connectivity index (χ1n) is 7.23. The molecule has 1 aliphatic heterocycles. The van der Waals surface area contributed by atoms with E-state index in [-0.39, 0.29) is 18.3 Å². The van der Waals surface area contributed by atoms with E-state index in [1.165, 1.54) is 0 Å². The summed E-state index contributed by atoms with van der Waals surface area (Å²) in [6, 6.07) is 15.7. The maximum absolute atomic E-state index is 12.4. The number of anilines is 3. The van der Waals surface area contributed by atoms with Gasteiger partial charge in [0.25, 0.3) is 5.91 Å². The molecule has 1 aliphatic rings. The molecule has 22 heavy (non-hydrogen) atoms. The third kappa shape index (κ3) is 3.08. The van der Waals surface area contributed by atoms with Crippen LogP contribution in [0, 0.1) is 0 Å². The fraction of sp³-hybridized carbons (Fsp3) is 0.235. The van der Waals surface area contributed by atoms with Gasteiger partial charge in [-0.05, 0) is 44.3 Å². The highest BCUT2D eigenvalue weighted by atomic mass is 35.5. The molecule has 3 rings (SSSR count). The van der Waals surface area contributed by atoms with Crippen molar-refractivity contribution in [2.75, 3.05) is 30.4 Å². The molecule has 1 heterocycles. The first-order chi connectivity index (χ1) is 10.3. The molecule has 0 atom stereocenters. The second kappa shape index (κ2) is 7.29. The Hall–Kier alpha value is -2.04. The summed E-state index contributed by atoms with van der Waals surface area (Å²) in [6.45, 7) is 1.81. The van der Waals surface area contributed by atoms with Gasteiger partial charge < -0.3 is 15.5 Å². The predicted octanol–water partition coefficient (Wildman–Crippen LogP) is 3.42. The Balaban J connectivity index is 0.00000176. The average molecular weight is 318 g/mol. The van der Waals surface area contributed by atoms with Gasteiger partial charge in [0.2, 0.25) is 0 Å². The monoisotopic (exact) mass is 317 g/mol. The molecule has 0 saturated heterocycles. The fourth-order valence-corrected chi connectivity index (χ4v) is 2.69. The number of halogens is 1. The maximum Gasteiger partial charge on any atom is 0.257 e. The van der Waals surface area contributed by atoms with E-state index in [0.717, 1.165) is 42.1 Å². The van der Waals surface area contributed by atoms with Gasteiger partial charge in [0.1, 0.15) is 0 Å². The van der Waals surface area contributed by atoms with Crippen molar-refractivity contribution < 1.29 is 4.79 Å². The quantitative estimate of drug-likeness (QED) is 0.849. The summed E-state index contributed by atoms with van der Waals surface area (Å²) in [4.78, 5) is 14.6. The zero-order valence-electron chi connectivity index (χ0n) is 12.5. The predicted molar refractivity (Wildman–Crippen MR) is 93.6 cm³/mol. The van der Waals surface area contributed by atoms with Crippen LogP contribution in [0.25, 0.3) is 0 Å². The lowest BCUT2D eigenvalue weighted by molar-refractivity contribution is 0.102. The van der Waals surface area contributed by atoms with Gasteiger partial charge in [-0.2, -0.15) is 0 Å². The van der Waals surface area contributed by atoms with Crippen LogP contribution >= 0.6 is 12.4 Å². The molecule has 116 valence electrons. The molecular weight excluding hydrogens is 298 g/mol. The molecule has 0 aromatic heterocycles. The Kier molecular flexibility index (Phi) is 5.41. The van der Waals surface area contributed by atoms with E-state index in [4.69, 9.17) is 0 Å². The number of hydrogen-bond donors (Lipinski definition) is 2. The minimum absolute atomic E-state index is 0. The van der Waals surface area contributed by atoms with Crippen molar-refractivity contribution in [1.29, 1.82) is 0 Å². The lowest BCUT2D eigenvalue weighted by atomic mass is 10.1. The molecule has 0 unspecified atom stereocenters. The Morgan fingerprint density at radius 3 is 2.50 bits per heavy atom. The number of hydrogen-bond acceptors (Lipinski definition) is 3. The van der Waals surface area contributed by atoms with E-state index >= 15 is 0 Å². The molecule has 4 nitrogen and oxygen atoms in total. The van der Waals surface area contributed by atoms with Gasteiger partial charge in [0, 0.05) is 6.54 Å². The third-order valence-electron chi connectivity index (χ3n) is 3.69. The summed E-state index contributed by atoms with van der Waals surface area (Å²) >= 11 is 0. The summed E-state index contributed by atoms with van der Waals surface area (Å²) in [5, 5.41) is 6.17. The van der Waals surface area contributed by atoms with Crippen LogP contribution < -0.4 is 15.5 Å². The third-order valence-corrected chi connectivity index (χ3v) is 3.69. The number of nitrogens with zero attached hydrogens (tertiary/aromatic N) is 1. The fourth-order valence-electron chi connectivity index (χ4n) is 2.69. The number of carbonyl (C=O) groups is 1. The summed E-state index contributed by atoms with van der Waals surface area (Å²) in [7, 11) is 1.95. The maximum atomic E-state index is 12.4. The van der Waals surface area contributed by atoms with Crippen LogP contribution in [-0.4, -0.2) is 26.0 Å². The molecule has 5 heteroatoms. The molecule has 2 N–H and O–H groups in total. The number of benzene rings is 2. The lowest BCUT2D eigenvalue weighted by Gasteiger charge is -2.25. The van der Waals surface area contributed by atoms with E-state index < -0.39 is 0 Å². The van der Waals surface area contributed by atoms with Crippen molar-refractivity contribution in [3.63, 3.8) is 0 Å². The van der Waals surface area contributed by atoms with Crippen molar-refractivity contribution >= 4 is 35.4 Å². The smallest absolute Gasteiger partial charge is 0.257 e. The molecule has 0 saturated carbocycles. The van der Waals surface area contributed by atoms with Crippen LogP contribution in [0.3, 0.4) is 0 Å². The Bertz CT molecular complexity index is 660. The average Bonchev–Trinajstić information content (AvgIpc) is 2.63. The molecule has 0 aliphatic carbocycles. The molecule has 0 radical (unpaired) electrons. The topological polar surface area (TPSA) is 44.4 Å². The van der Waals surface area contributed by atoms with Gasteiger partial charge in [0.15, 0.2) is 0 Å². The van der Waals surface area contributed by atoms with E-state index in [1.807, 2.05) is 49.5 Å². The zero-order chi connectivity index (χ0) is 14.7. The van der Waals surface area contributed by atoms with E-state index in [2.05, 4.69) is 21.6 Å². The molecule has 1 amide bonds. The number of para-hydroxylation sites is 3. The van der Waals surface area contributed by atoms with Crippen molar-refractivity contribution in [2.45, 2.75) is 6.42 Å². The summed E-state index contributed by atoms with van der Waals surface area (Å²) in [5.74, 6) is -0.0471. The summed E-state index contributed by atoms with van der Waals surface area (Å²) < 4.78 is 0. The normalized spacial score (nSPS) is 12.6. The number of amides is 1. The highest BCUT2D eigenvalue weighted by Crippen LogP contribution is 2.37. The minimum Gasteiger partial charge on any atom is -0.339 e. The van der Waals surface area contributed by atoms with E-state index in [9.17, 15) is 4.79 Å². The summed E-state index contributed by atoms with van der Waals surface area (Å²) in [5.41, 5.74) is 3.60. The van der Waals surface area contributed by atoms with Crippen LogP contribution in [0.5, 0.6) is 0 Å². The largest absolute Gasteiger partial charge is 0.339 e. The van der Waals surface area contributed by atoms with Gasteiger partial charge in [-0.3, -0.25) is 4.79 Å². The van der Waals surface area contributed by atoms with Gasteiger partial charge in [-0.1, -0.05) is 24.3 Å². The molecule has 0 bridgehead atoms. The van der Waals surface area contributed by atoms with Crippen molar-refractivity contribution in [3.05, 3.63) is 54.1 Å². The van der Waals surface area contributed by atoms with Crippen LogP contribution in [-0.2, 0) is 0 Å². The minimum atomic E-state index is -0.0471. The second-order valence-electron chi connectivity index (χ2n) is 5.10. The number of nitrogens with one attached hydrogen (secondary N) is 2. The Morgan fingerprint density at radius 2 is 1.73 bits per heavy atom. The van der Waals surface area contributed by atoms with Crippen LogP contribution in [0.1, 0.15) is 16.8 Å². The number of fused-ring (bicyclic) bond motifs is 2. The standard InChI is InChI=1S/C17H19N3O.ClH/c1-18-11-6-12-20-15-9-4-2-7-13(15)17(21)19-14-8-3-5-10-16(14)20;/h2-5,7-10,18H,6,11-12H2,1H3,(H,19,21);1H. The first-order valence-corrected chi connectivity index (χ1v) is 7.23. The molecule has 0 fully saturated rings. The van der Waals surface area contributed by atoms with Crippen molar-refractivity contribution in [1.82, 2.24) is 5.32 Å². The summed E-state index contributed by atoms with van der Waals surface area (Å²) in [6.07, 6.45) is 1.01. The molecule has 0 spiro atoms. The van der Waals surface area contributed by atoms with Gasteiger partial charge in [-0.25, -0.2) is 0 Å². The highest BCUT2D eigenvalue weighted by molar-refractivity contribution is 6.12. The van der Waals surface area contributed by atoms with Gasteiger partial charge in [0.05, 0.1) is 22.6 Å². The molecular formula is C17H20ClN3O. The lowest BCUT2D eigenvalue weighted by Crippen LogP contribution is -2.22. The van der Waals surface area contributed by atoms with Crippen molar-refractivity contribution in [2.24, 2.45) is 0 Å². The van der Waals surface area contributed by atoms with Crippen LogP contribution in [0.2, 0.25) is 0 Å². The number of rotatable bonds is 4. The van der Waals surface area contributed by atoms with Crippen LogP contribution in [0.15, 0.2) is 48.5 Å². The van der Waals surface area contributed by atoms with E-state index in [1.54, 1.807) is 0 Å². The van der Waals surface area contributed by atoms with Crippen LogP contribution in [0.4, 0.5) is 17.1 Å². The molecule has 2 aromatic rings. The Morgan fingerprint density at radius 1 is 1.05 bits per heavy atom. The Labute approximate surface area is 136 Å². The SMILES string of the molecule is CNCCCN1c2ccccc2NC(=O)c2ccccc21.Cl. The zero-order valence-corrected chi connectivity index (χ0v) is 13.3. The van der Waals surface area contributed by atoms with Gasteiger partial charge in [-0.15, -0.1) is 12.4 Å². The second-order valence-corrected chi connectivity index (χ2v) is 5.10. The van der Waals surface area contributed by atoms with E-state index in [0.29, 0.717) is 0 Å². The first kappa shape index (κ1) is 16.3. The van der Waals surface area contributed by atoms with Crippen molar-refractivity contribution in [3.8, 4) is 0 Å². The highest BCUT2D eigenvalue weighted by Gasteiger charge is 2.23. The molecule has 2 aromatic carbocycles.